The Labute approximate surface area is 175 Å². The average molecular weight is 404 g/mol. The summed E-state index contributed by atoms with van der Waals surface area (Å²) < 4.78 is 17.1. The number of amides is 1. The molecule has 2 aliphatic heterocycles. The van der Waals surface area contributed by atoms with E-state index in [1.807, 2.05) is 24.3 Å². The zero-order valence-electron chi connectivity index (χ0n) is 16.9. The predicted molar refractivity (Wildman–Crippen MR) is 113 cm³/mol. The summed E-state index contributed by atoms with van der Waals surface area (Å²) in [7, 11) is 0. The van der Waals surface area contributed by atoms with Crippen molar-refractivity contribution in [3.05, 3.63) is 77.2 Å². The third-order valence-corrected chi connectivity index (χ3v) is 5.74. The highest BCUT2D eigenvalue weighted by molar-refractivity contribution is 5.95. The van der Waals surface area contributed by atoms with E-state index in [2.05, 4.69) is 35.3 Å². The van der Waals surface area contributed by atoms with Crippen LogP contribution in [0.5, 0.6) is 11.5 Å². The summed E-state index contributed by atoms with van der Waals surface area (Å²) in [6, 6.07) is 16.2. The molecule has 0 fully saturated rings. The first-order valence-corrected chi connectivity index (χ1v) is 10.3. The van der Waals surface area contributed by atoms with E-state index in [0.29, 0.717) is 49.4 Å². The number of fused-ring (bicyclic) bond motifs is 2. The van der Waals surface area contributed by atoms with Crippen LogP contribution in [0.25, 0.3) is 0 Å². The SMILES string of the molecule is CC1Cc2ccccc2N1Cc1occc1C(=O)NCc1cccc2c1OCCO2. The summed E-state index contributed by atoms with van der Waals surface area (Å²) in [6.45, 7) is 4.17. The van der Waals surface area contributed by atoms with Gasteiger partial charge in [0.1, 0.15) is 19.0 Å². The van der Waals surface area contributed by atoms with Crippen LogP contribution in [0.1, 0.15) is 34.2 Å². The highest BCUT2D eigenvalue weighted by atomic mass is 16.6. The summed E-state index contributed by atoms with van der Waals surface area (Å²) in [5, 5.41) is 2.99. The number of benzene rings is 2. The predicted octanol–water partition coefficient (Wildman–Crippen LogP) is 3.93. The number of nitrogens with one attached hydrogen (secondary N) is 1. The molecular weight excluding hydrogens is 380 g/mol. The van der Waals surface area contributed by atoms with Crippen molar-refractivity contribution in [2.24, 2.45) is 0 Å². The monoisotopic (exact) mass is 404 g/mol. The largest absolute Gasteiger partial charge is 0.486 e. The molecular formula is C24H24N2O4. The summed E-state index contributed by atoms with van der Waals surface area (Å²) in [5.74, 6) is 1.94. The number of nitrogens with zero attached hydrogens (tertiary/aromatic N) is 1. The number of hydrogen-bond donors (Lipinski definition) is 1. The molecule has 6 nitrogen and oxygen atoms in total. The summed E-state index contributed by atoms with van der Waals surface area (Å²) >= 11 is 0. The van der Waals surface area contributed by atoms with E-state index >= 15 is 0 Å². The van der Waals surface area contributed by atoms with Crippen molar-refractivity contribution < 1.29 is 18.7 Å². The first kappa shape index (κ1) is 18.6. The van der Waals surface area contributed by atoms with Crippen LogP contribution < -0.4 is 19.7 Å². The van der Waals surface area contributed by atoms with Gasteiger partial charge in [-0.3, -0.25) is 4.79 Å². The Kier molecular flexibility index (Phi) is 4.83. The van der Waals surface area contributed by atoms with E-state index in [0.717, 1.165) is 17.7 Å². The van der Waals surface area contributed by atoms with Crippen molar-refractivity contribution in [2.45, 2.75) is 32.5 Å². The normalized spacial score (nSPS) is 17.0. The van der Waals surface area contributed by atoms with Gasteiger partial charge in [0.2, 0.25) is 0 Å². The fourth-order valence-corrected chi connectivity index (χ4v) is 4.23. The molecule has 0 bridgehead atoms. The number of rotatable bonds is 5. The van der Waals surface area contributed by atoms with Crippen LogP contribution in [0.4, 0.5) is 5.69 Å². The molecule has 3 heterocycles. The molecule has 0 spiro atoms. The van der Waals surface area contributed by atoms with Crippen LogP contribution in [0.3, 0.4) is 0 Å². The molecule has 1 atom stereocenters. The van der Waals surface area contributed by atoms with E-state index in [4.69, 9.17) is 13.9 Å². The lowest BCUT2D eigenvalue weighted by Gasteiger charge is -2.24. The Morgan fingerprint density at radius 3 is 2.90 bits per heavy atom. The highest BCUT2D eigenvalue weighted by Gasteiger charge is 2.28. The molecule has 5 rings (SSSR count). The Bertz CT molecular complexity index is 1070. The van der Waals surface area contributed by atoms with Crippen molar-refractivity contribution in [1.82, 2.24) is 5.32 Å². The van der Waals surface area contributed by atoms with Crippen molar-refractivity contribution >= 4 is 11.6 Å². The second kappa shape index (κ2) is 7.78. The first-order valence-electron chi connectivity index (χ1n) is 10.3. The highest BCUT2D eigenvalue weighted by Crippen LogP contribution is 2.35. The topological polar surface area (TPSA) is 63.9 Å². The zero-order chi connectivity index (χ0) is 20.5. The molecule has 0 saturated heterocycles. The van der Waals surface area contributed by atoms with Crippen LogP contribution in [0.15, 0.2) is 59.2 Å². The van der Waals surface area contributed by atoms with Gasteiger partial charge in [-0.05, 0) is 37.1 Å². The molecule has 2 aromatic carbocycles. The lowest BCUT2D eigenvalue weighted by Crippen LogP contribution is -2.30. The quantitative estimate of drug-likeness (QED) is 0.698. The van der Waals surface area contributed by atoms with Crippen LogP contribution in [-0.2, 0) is 19.5 Å². The molecule has 0 radical (unpaired) electrons. The molecule has 30 heavy (non-hydrogen) atoms. The van der Waals surface area contributed by atoms with Crippen molar-refractivity contribution in [3.63, 3.8) is 0 Å². The number of anilines is 1. The van der Waals surface area contributed by atoms with Crippen LogP contribution >= 0.6 is 0 Å². The van der Waals surface area contributed by atoms with Gasteiger partial charge in [0.25, 0.3) is 5.91 Å². The number of furan rings is 1. The van der Waals surface area contributed by atoms with E-state index in [1.54, 1.807) is 12.3 Å². The Morgan fingerprint density at radius 2 is 1.97 bits per heavy atom. The molecule has 2 aliphatic rings. The lowest BCUT2D eigenvalue weighted by atomic mass is 10.1. The standard InChI is InChI=1S/C24H24N2O4/c1-16-13-17-5-2-3-7-20(17)26(16)15-22-19(9-10-28-22)24(27)25-14-18-6-4-8-21-23(18)30-12-11-29-21/h2-10,16H,11-15H2,1H3,(H,25,27). The van der Waals surface area contributed by atoms with Crippen molar-refractivity contribution in [2.75, 3.05) is 18.1 Å². The van der Waals surface area contributed by atoms with E-state index in [-0.39, 0.29) is 5.91 Å². The molecule has 0 saturated carbocycles. The minimum absolute atomic E-state index is 0.159. The minimum atomic E-state index is -0.159. The average Bonchev–Trinajstić information content (AvgIpc) is 3.37. The van der Waals surface area contributed by atoms with Gasteiger partial charge in [0, 0.05) is 23.8 Å². The molecule has 1 amide bonds. The van der Waals surface area contributed by atoms with Gasteiger partial charge in [-0.1, -0.05) is 30.3 Å². The van der Waals surface area contributed by atoms with E-state index in [9.17, 15) is 4.79 Å². The number of hydrogen-bond acceptors (Lipinski definition) is 5. The van der Waals surface area contributed by atoms with Crippen LogP contribution in [-0.4, -0.2) is 25.2 Å². The van der Waals surface area contributed by atoms with Gasteiger partial charge in [-0.15, -0.1) is 0 Å². The maximum Gasteiger partial charge on any atom is 0.255 e. The Balaban J connectivity index is 1.30. The van der Waals surface area contributed by atoms with Gasteiger partial charge in [-0.25, -0.2) is 0 Å². The summed E-state index contributed by atoms with van der Waals surface area (Å²) in [6.07, 6.45) is 2.58. The smallest absolute Gasteiger partial charge is 0.255 e. The van der Waals surface area contributed by atoms with Gasteiger partial charge in [0.15, 0.2) is 11.5 Å². The molecule has 3 aromatic rings. The van der Waals surface area contributed by atoms with E-state index in [1.165, 1.54) is 11.3 Å². The zero-order valence-corrected chi connectivity index (χ0v) is 16.9. The lowest BCUT2D eigenvalue weighted by molar-refractivity contribution is 0.0948. The molecule has 0 aliphatic carbocycles. The van der Waals surface area contributed by atoms with Gasteiger partial charge in [0.05, 0.1) is 18.4 Å². The first-order chi connectivity index (χ1) is 14.7. The second-order valence-corrected chi connectivity index (χ2v) is 7.69. The number of carbonyl (C=O) groups is 1. The minimum Gasteiger partial charge on any atom is -0.486 e. The van der Waals surface area contributed by atoms with E-state index < -0.39 is 0 Å². The Hall–Kier alpha value is -3.41. The molecule has 154 valence electrons. The van der Waals surface area contributed by atoms with Crippen molar-refractivity contribution in [3.8, 4) is 11.5 Å². The third-order valence-electron chi connectivity index (χ3n) is 5.74. The fraction of sp³-hybridized carbons (Fsp3) is 0.292. The molecule has 6 heteroatoms. The maximum absolute atomic E-state index is 12.9. The summed E-state index contributed by atoms with van der Waals surface area (Å²) in [4.78, 5) is 15.2. The number of para-hydroxylation sites is 2. The molecule has 1 unspecified atom stereocenters. The van der Waals surface area contributed by atoms with Crippen molar-refractivity contribution in [1.29, 1.82) is 0 Å². The maximum atomic E-state index is 12.9. The second-order valence-electron chi connectivity index (χ2n) is 7.69. The number of ether oxygens (including phenoxy) is 2. The van der Waals surface area contributed by atoms with Gasteiger partial charge >= 0.3 is 0 Å². The third kappa shape index (κ3) is 3.38. The van der Waals surface area contributed by atoms with Gasteiger partial charge < -0.3 is 24.1 Å². The van der Waals surface area contributed by atoms with Crippen LogP contribution in [0, 0.1) is 0 Å². The molecule has 1 N–H and O–H groups in total. The van der Waals surface area contributed by atoms with Crippen LogP contribution in [0.2, 0.25) is 0 Å². The Morgan fingerprint density at radius 1 is 1.10 bits per heavy atom. The molecule has 1 aromatic heterocycles. The summed E-state index contributed by atoms with van der Waals surface area (Å²) in [5.41, 5.74) is 4.00. The van der Waals surface area contributed by atoms with Gasteiger partial charge in [-0.2, -0.15) is 0 Å². The number of carbonyl (C=O) groups excluding carboxylic acids is 1. The fourth-order valence-electron chi connectivity index (χ4n) is 4.23.